The predicted molar refractivity (Wildman–Crippen MR) is 65.1 cm³/mol. The Morgan fingerprint density at radius 2 is 2.00 bits per heavy atom. The molecule has 0 heterocycles. The van der Waals surface area contributed by atoms with Gasteiger partial charge in [0.15, 0.2) is 6.04 Å². The van der Waals surface area contributed by atoms with Crippen molar-refractivity contribution in [1.82, 2.24) is 5.32 Å². The second kappa shape index (κ2) is 6.00. The van der Waals surface area contributed by atoms with Crippen molar-refractivity contribution in [2.45, 2.75) is 52.1 Å². The van der Waals surface area contributed by atoms with Gasteiger partial charge in [0.05, 0.1) is 6.04 Å². The van der Waals surface area contributed by atoms with Gasteiger partial charge in [-0.15, -0.1) is 0 Å². The minimum Gasteiger partial charge on any atom is -0.351 e. The zero-order valence-corrected chi connectivity index (χ0v) is 10.9. The number of amides is 3. The summed E-state index contributed by atoms with van der Waals surface area (Å²) in [5.41, 5.74) is 4.93. The van der Waals surface area contributed by atoms with E-state index in [4.69, 9.17) is 5.73 Å². The maximum absolute atomic E-state index is 11.6. The number of hydrogen-bond acceptors (Lipinski definition) is 2. The Balaban J connectivity index is 2.47. The molecule has 98 valence electrons. The Bertz CT molecular complexity index is 293. The van der Waals surface area contributed by atoms with E-state index in [1.54, 1.807) is 0 Å². The van der Waals surface area contributed by atoms with Gasteiger partial charge in [0.25, 0.3) is 5.91 Å². The van der Waals surface area contributed by atoms with Crippen LogP contribution in [0, 0.1) is 11.8 Å². The van der Waals surface area contributed by atoms with Crippen molar-refractivity contribution in [3.05, 3.63) is 0 Å². The van der Waals surface area contributed by atoms with Gasteiger partial charge in [-0.05, 0) is 32.1 Å². The Hall–Kier alpha value is -1.10. The first-order valence-electron chi connectivity index (χ1n) is 6.37. The Kier molecular flexibility index (Phi) is 4.93. The molecule has 0 unspecified atom stereocenters. The molecule has 17 heavy (non-hydrogen) atoms. The van der Waals surface area contributed by atoms with E-state index in [0.717, 1.165) is 6.42 Å². The van der Waals surface area contributed by atoms with Crippen molar-refractivity contribution in [3.8, 4) is 0 Å². The number of urea groups is 1. The molecule has 1 fully saturated rings. The minimum atomic E-state index is -0.777. The third-order valence-corrected chi connectivity index (χ3v) is 3.97. The first-order chi connectivity index (χ1) is 7.91. The standard InChI is InChI=1S/C12H23N3O2/c1-7-5-4-6-10(8(7)2)14-9(3)11(16)15-12(13)17/h7-10,14H,4-6H2,1-3H3,(H3,13,15,16,17)/p+1/t7-,8-,9+,10-/m1/s1. The molecule has 0 aromatic rings. The number of primary amides is 1. The van der Waals surface area contributed by atoms with Gasteiger partial charge in [0, 0.05) is 5.92 Å². The molecule has 0 aromatic heterocycles. The SMILES string of the molecule is C[C@@H]1[C@H](C)CCC[C@H]1[NH2+][C@@H](C)C(=O)NC(N)=O. The average Bonchev–Trinajstić information content (AvgIpc) is 2.23. The molecule has 0 saturated heterocycles. The Morgan fingerprint density at radius 1 is 1.35 bits per heavy atom. The van der Waals surface area contributed by atoms with E-state index in [9.17, 15) is 9.59 Å². The third-order valence-electron chi connectivity index (χ3n) is 3.97. The topological polar surface area (TPSA) is 88.8 Å². The molecule has 1 aliphatic carbocycles. The molecule has 0 radical (unpaired) electrons. The van der Waals surface area contributed by atoms with E-state index in [-0.39, 0.29) is 11.9 Å². The van der Waals surface area contributed by atoms with Gasteiger partial charge in [-0.2, -0.15) is 0 Å². The molecule has 5 nitrogen and oxygen atoms in total. The highest BCUT2D eigenvalue weighted by molar-refractivity contribution is 5.95. The number of nitrogens with one attached hydrogen (secondary N) is 1. The third kappa shape index (κ3) is 4.00. The molecule has 3 amide bonds. The zero-order chi connectivity index (χ0) is 13.0. The number of imide groups is 1. The highest BCUT2D eigenvalue weighted by Gasteiger charge is 2.32. The molecule has 1 saturated carbocycles. The van der Waals surface area contributed by atoms with Gasteiger partial charge in [0.1, 0.15) is 0 Å². The lowest BCUT2D eigenvalue weighted by Gasteiger charge is -2.33. The van der Waals surface area contributed by atoms with Crippen LogP contribution in [-0.4, -0.2) is 24.0 Å². The summed E-state index contributed by atoms with van der Waals surface area (Å²) in [6, 6.07) is -0.576. The monoisotopic (exact) mass is 242 g/mol. The van der Waals surface area contributed by atoms with Gasteiger partial charge in [-0.1, -0.05) is 13.8 Å². The van der Waals surface area contributed by atoms with E-state index in [1.165, 1.54) is 12.8 Å². The summed E-state index contributed by atoms with van der Waals surface area (Å²) in [5, 5.41) is 4.19. The van der Waals surface area contributed by atoms with Crippen LogP contribution in [0.4, 0.5) is 4.79 Å². The molecular formula is C12H24N3O2+. The zero-order valence-electron chi connectivity index (χ0n) is 10.9. The van der Waals surface area contributed by atoms with Crippen molar-refractivity contribution in [2.75, 3.05) is 0 Å². The van der Waals surface area contributed by atoms with Gasteiger partial charge >= 0.3 is 6.03 Å². The smallest absolute Gasteiger partial charge is 0.319 e. The highest BCUT2D eigenvalue weighted by atomic mass is 16.2. The lowest BCUT2D eigenvalue weighted by molar-refractivity contribution is -0.715. The van der Waals surface area contributed by atoms with E-state index < -0.39 is 6.03 Å². The van der Waals surface area contributed by atoms with Crippen molar-refractivity contribution < 1.29 is 14.9 Å². The quantitative estimate of drug-likeness (QED) is 0.648. The molecule has 5 heteroatoms. The molecular weight excluding hydrogens is 218 g/mol. The number of quaternary nitrogens is 1. The van der Waals surface area contributed by atoms with Gasteiger partial charge in [0.2, 0.25) is 0 Å². The molecule has 0 bridgehead atoms. The fourth-order valence-corrected chi connectivity index (χ4v) is 2.59. The van der Waals surface area contributed by atoms with Gasteiger partial charge < -0.3 is 11.1 Å². The van der Waals surface area contributed by atoms with Crippen LogP contribution in [0.2, 0.25) is 0 Å². The lowest BCUT2D eigenvalue weighted by Crippen LogP contribution is -2.98. The van der Waals surface area contributed by atoms with Crippen molar-refractivity contribution in [2.24, 2.45) is 17.6 Å². The van der Waals surface area contributed by atoms with Crippen LogP contribution in [0.25, 0.3) is 0 Å². The van der Waals surface area contributed by atoms with Gasteiger partial charge in [-0.3, -0.25) is 10.1 Å². The van der Waals surface area contributed by atoms with Crippen LogP contribution in [0.1, 0.15) is 40.0 Å². The second-order valence-corrected chi connectivity index (χ2v) is 5.27. The predicted octanol–water partition coefficient (Wildman–Crippen LogP) is -0.0421. The van der Waals surface area contributed by atoms with E-state index >= 15 is 0 Å². The molecule has 1 aliphatic rings. The first-order valence-corrected chi connectivity index (χ1v) is 6.37. The van der Waals surface area contributed by atoms with E-state index in [0.29, 0.717) is 17.9 Å². The van der Waals surface area contributed by atoms with Crippen LogP contribution < -0.4 is 16.4 Å². The number of nitrogens with two attached hydrogens (primary N) is 2. The number of rotatable bonds is 3. The lowest BCUT2D eigenvalue weighted by atomic mass is 9.78. The highest BCUT2D eigenvalue weighted by Crippen LogP contribution is 2.27. The normalized spacial score (nSPS) is 30.6. The fraction of sp³-hybridized carbons (Fsp3) is 0.833. The Labute approximate surface area is 103 Å². The molecule has 0 spiro atoms. The Morgan fingerprint density at radius 3 is 2.59 bits per heavy atom. The molecule has 0 aromatic carbocycles. The fourth-order valence-electron chi connectivity index (χ4n) is 2.59. The minimum absolute atomic E-state index is 0.264. The summed E-state index contributed by atoms with van der Waals surface area (Å²) >= 11 is 0. The second-order valence-electron chi connectivity index (χ2n) is 5.27. The van der Waals surface area contributed by atoms with E-state index in [2.05, 4.69) is 24.5 Å². The molecule has 5 N–H and O–H groups in total. The van der Waals surface area contributed by atoms with Crippen LogP contribution in [0.15, 0.2) is 0 Å². The molecule has 0 aliphatic heterocycles. The average molecular weight is 242 g/mol. The van der Waals surface area contributed by atoms with Crippen LogP contribution in [-0.2, 0) is 4.79 Å². The number of hydrogen-bond donors (Lipinski definition) is 3. The van der Waals surface area contributed by atoms with Crippen LogP contribution in [0.3, 0.4) is 0 Å². The summed E-state index contributed by atoms with van der Waals surface area (Å²) in [4.78, 5) is 22.2. The summed E-state index contributed by atoms with van der Waals surface area (Å²) < 4.78 is 0. The number of carbonyl (C=O) groups excluding carboxylic acids is 2. The van der Waals surface area contributed by atoms with E-state index in [1.807, 2.05) is 6.92 Å². The summed E-state index contributed by atoms with van der Waals surface area (Å²) in [7, 11) is 0. The number of carbonyl (C=O) groups is 2. The first kappa shape index (κ1) is 14.0. The molecule has 1 rings (SSSR count). The van der Waals surface area contributed by atoms with Gasteiger partial charge in [-0.25, -0.2) is 4.79 Å². The summed E-state index contributed by atoms with van der Waals surface area (Å²) in [6.07, 6.45) is 3.63. The van der Waals surface area contributed by atoms with Crippen LogP contribution in [0.5, 0.6) is 0 Å². The summed E-state index contributed by atoms with van der Waals surface area (Å²) in [5.74, 6) is 1.01. The molecule has 4 atom stereocenters. The van der Waals surface area contributed by atoms with Crippen molar-refractivity contribution in [3.63, 3.8) is 0 Å². The van der Waals surface area contributed by atoms with Crippen molar-refractivity contribution in [1.29, 1.82) is 0 Å². The maximum atomic E-state index is 11.6. The van der Waals surface area contributed by atoms with Crippen molar-refractivity contribution >= 4 is 11.9 Å². The largest absolute Gasteiger partial charge is 0.351 e. The van der Waals surface area contributed by atoms with Crippen LogP contribution >= 0.6 is 0 Å². The summed E-state index contributed by atoms with van der Waals surface area (Å²) in [6.45, 7) is 6.31. The maximum Gasteiger partial charge on any atom is 0.319 e.